The number of rotatable bonds is 16. The van der Waals surface area contributed by atoms with E-state index in [9.17, 15) is 0 Å². The lowest BCUT2D eigenvalue weighted by atomic mass is 10.1. The lowest BCUT2D eigenvalue weighted by Crippen LogP contribution is -2.14. The Kier molecular flexibility index (Phi) is 13.6. The van der Waals surface area contributed by atoms with Gasteiger partial charge < -0.3 is 29.6 Å². The smallest absolute Gasteiger partial charge is 0.164 e. The molecule has 330 valence electrons. The van der Waals surface area contributed by atoms with Gasteiger partial charge in [-0.3, -0.25) is 0 Å². The van der Waals surface area contributed by atoms with Crippen LogP contribution in [-0.2, 0) is 0 Å². The van der Waals surface area contributed by atoms with E-state index in [0.29, 0.717) is 45.9 Å². The summed E-state index contributed by atoms with van der Waals surface area (Å²) >= 11 is 7.34. The Bertz CT molecular complexity index is 2810. The molecule has 2 aliphatic heterocycles. The molecule has 0 radical (unpaired) electrons. The van der Waals surface area contributed by atoms with Crippen LogP contribution in [0.4, 0.5) is 0 Å². The van der Waals surface area contributed by atoms with Crippen molar-refractivity contribution in [2.24, 2.45) is 0 Å². The summed E-state index contributed by atoms with van der Waals surface area (Å²) in [5.41, 5.74) is 6.53. The van der Waals surface area contributed by atoms with Gasteiger partial charge in [-0.15, -0.1) is 47.0 Å². The van der Waals surface area contributed by atoms with Gasteiger partial charge in [-0.25, -0.2) is 29.9 Å². The Morgan fingerprint density at radius 2 is 0.641 bits per heavy atom. The second-order valence-electron chi connectivity index (χ2n) is 17.0. The van der Waals surface area contributed by atoms with Gasteiger partial charge in [-0.1, -0.05) is 0 Å². The minimum atomic E-state index is 0.602. The lowest BCUT2D eigenvalue weighted by molar-refractivity contribution is 0.437. The number of hydrogen-bond acceptors (Lipinski definition) is 14. The monoisotopic (exact) mass is 926 g/mol. The molecule has 0 saturated carbocycles. The van der Waals surface area contributed by atoms with Crippen molar-refractivity contribution in [1.82, 2.24) is 59.5 Å². The van der Waals surface area contributed by atoms with Crippen molar-refractivity contribution in [3.8, 4) is 45.6 Å². The number of fused-ring (bicyclic) bond motifs is 20. The Hall–Kier alpha value is -4.52. The molecule has 12 nitrogen and oxygen atoms in total. The fourth-order valence-electron chi connectivity index (χ4n) is 7.45. The third kappa shape index (κ3) is 9.99. The Labute approximate surface area is 391 Å². The van der Waals surface area contributed by atoms with Crippen LogP contribution in [0.25, 0.3) is 89.7 Å². The molecule has 0 unspecified atom stereocenters. The summed E-state index contributed by atoms with van der Waals surface area (Å²) in [7, 11) is 16.9. The highest BCUT2D eigenvalue weighted by Crippen LogP contribution is 2.40. The summed E-state index contributed by atoms with van der Waals surface area (Å²) in [5.74, 6) is 6.29. The second kappa shape index (κ2) is 19.5. The molecule has 64 heavy (non-hydrogen) atoms. The van der Waals surface area contributed by atoms with Gasteiger partial charge in [0.05, 0.1) is 0 Å². The zero-order valence-corrected chi connectivity index (χ0v) is 41.0. The van der Waals surface area contributed by atoms with Crippen LogP contribution in [0, 0.1) is 0 Å². The van der Waals surface area contributed by atoms with Crippen molar-refractivity contribution >= 4 is 91.2 Å². The van der Waals surface area contributed by atoms with Crippen molar-refractivity contribution < 1.29 is 0 Å². The minimum Gasteiger partial charge on any atom is -0.324 e. The molecule has 0 atom stereocenters. The van der Waals surface area contributed by atoms with Gasteiger partial charge in [0.2, 0.25) is 0 Å². The standard InChI is InChI=1S/C48H54N12S4/c1-57(2)17-21-61-29-9-13-33-37(25-29)45-49-41(33)54-46-39-27-31(63-23-19-59(5)6)11-15-35(39)43(51-46)56-48-40-28-32(64-24-20-60(7)8)12-16-36(40)44(52-48)55-47-38-26-30(62-22-18-58(3)4)10-14-34(38)42(50-47)53-45/h9-16,25-28H,17-24H2,1-8H3,(H2,49,50,51,52,53,54,55,56). The van der Waals surface area contributed by atoms with E-state index in [4.69, 9.17) is 29.9 Å². The molecule has 5 heterocycles. The number of nitrogens with zero attached hydrogens (tertiary/aromatic N) is 10. The summed E-state index contributed by atoms with van der Waals surface area (Å²) in [6.45, 7) is 3.91. The molecular formula is C48H54N12S4. The summed E-state index contributed by atoms with van der Waals surface area (Å²) in [6, 6.07) is 26.2. The van der Waals surface area contributed by atoms with Gasteiger partial charge >= 0.3 is 0 Å². The van der Waals surface area contributed by atoms with E-state index in [2.05, 4.69) is 159 Å². The first kappa shape index (κ1) is 44.7. The van der Waals surface area contributed by atoms with Gasteiger partial charge in [0.1, 0.15) is 22.6 Å². The SMILES string of the molecule is CN(C)CCSc1ccc2c(c1)-c1nc-2nc2[nH]c(nc3nc(nc4[nH]c(n1)c1ccc(SCCN(C)C)cc41)-c1ccc(SCCN(C)C)cc1-3)c1ccc(SCCN(C)C)cc21. The topological polar surface area (TPSA) is 122 Å². The molecule has 0 spiro atoms. The highest BCUT2D eigenvalue weighted by atomic mass is 32.2. The van der Waals surface area contributed by atoms with Crippen LogP contribution in [-0.4, -0.2) is 165 Å². The third-order valence-corrected chi connectivity index (χ3v) is 14.8. The van der Waals surface area contributed by atoms with Gasteiger partial charge in [0.15, 0.2) is 23.3 Å². The molecule has 0 amide bonds. The van der Waals surface area contributed by atoms with Crippen molar-refractivity contribution in [2.75, 3.05) is 106 Å². The predicted octanol–water partition coefficient (Wildman–Crippen LogP) is 9.48. The number of nitrogens with one attached hydrogen (secondary N) is 2. The summed E-state index contributed by atoms with van der Waals surface area (Å²) < 4.78 is 0. The lowest BCUT2D eigenvalue weighted by Gasteiger charge is -2.09. The number of aromatic nitrogens is 8. The highest BCUT2D eigenvalue weighted by molar-refractivity contribution is 8.00. The van der Waals surface area contributed by atoms with E-state index in [-0.39, 0.29) is 0 Å². The minimum absolute atomic E-state index is 0.602. The van der Waals surface area contributed by atoms with Gasteiger partial charge in [0, 0.05) is 113 Å². The third-order valence-electron chi connectivity index (χ3n) is 10.9. The maximum absolute atomic E-state index is 5.35. The second-order valence-corrected chi connectivity index (χ2v) is 21.7. The fourth-order valence-corrected chi connectivity index (χ4v) is 11.7. The fraction of sp³-hybridized carbons (Fsp3) is 0.333. The molecule has 0 aliphatic carbocycles. The van der Waals surface area contributed by atoms with Gasteiger partial charge in [0.25, 0.3) is 0 Å². The first-order valence-corrected chi connectivity index (χ1v) is 25.4. The number of benzene rings is 4. The quantitative estimate of drug-likeness (QED) is 0.0895. The summed E-state index contributed by atoms with van der Waals surface area (Å²) in [6.07, 6.45) is 0. The van der Waals surface area contributed by atoms with Crippen LogP contribution in [0.15, 0.2) is 92.4 Å². The number of H-pyrrole nitrogens is 2. The number of hydrogen-bond donors (Lipinski definition) is 2. The zero-order valence-electron chi connectivity index (χ0n) is 37.7. The zero-order chi connectivity index (χ0) is 44.5. The van der Waals surface area contributed by atoms with Crippen LogP contribution in [0.1, 0.15) is 0 Å². The molecule has 3 aromatic heterocycles. The van der Waals surface area contributed by atoms with Gasteiger partial charge in [-0.05, 0) is 129 Å². The molecule has 4 aromatic carbocycles. The first-order valence-electron chi connectivity index (χ1n) is 21.4. The molecule has 7 aromatic rings. The summed E-state index contributed by atoms with van der Waals surface area (Å²) in [5, 5.41) is 3.88. The first-order chi connectivity index (χ1) is 30.9. The highest BCUT2D eigenvalue weighted by Gasteiger charge is 2.24. The van der Waals surface area contributed by atoms with Crippen LogP contribution >= 0.6 is 47.0 Å². The average molecular weight is 927 g/mol. The van der Waals surface area contributed by atoms with Crippen LogP contribution in [0.5, 0.6) is 0 Å². The van der Waals surface area contributed by atoms with Gasteiger partial charge in [-0.2, -0.15) is 0 Å². The molecule has 0 saturated heterocycles. The normalized spacial score (nSPS) is 12.4. The molecular weight excluding hydrogens is 873 g/mol. The van der Waals surface area contributed by atoms with E-state index in [0.717, 1.165) is 103 Å². The van der Waals surface area contributed by atoms with E-state index in [1.54, 1.807) is 0 Å². The van der Waals surface area contributed by atoms with Crippen molar-refractivity contribution in [3.05, 3.63) is 72.8 Å². The largest absolute Gasteiger partial charge is 0.324 e. The number of thioether (sulfide) groups is 4. The molecule has 0 fully saturated rings. The van der Waals surface area contributed by atoms with Crippen molar-refractivity contribution in [3.63, 3.8) is 0 Å². The molecule has 8 bridgehead atoms. The Morgan fingerprint density at radius 1 is 0.344 bits per heavy atom. The van der Waals surface area contributed by atoms with Crippen LogP contribution in [0.3, 0.4) is 0 Å². The number of aromatic amines is 2. The molecule has 9 rings (SSSR count). The Balaban J connectivity index is 1.31. The Morgan fingerprint density at radius 3 is 0.984 bits per heavy atom. The predicted molar refractivity (Wildman–Crippen MR) is 273 cm³/mol. The van der Waals surface area contributed by atoms with E-state index >= 15 is 0 Å². The maximum Gasteiger partial charge on any atom is 0.164 e. The molecule has 2 N–H and O–H groups in total. The molecule has 16 heteroatoms. The van der Waals surface area contributed by atoms with E-state index in [1.807, 2.05) is 47.0 Å². The van der Waals surface area contributed by atoms with E-state index in [1.165, 1.54) is 9.79 Å². The maximum atomic E-state index is 5.35. The average Bonchev–Trinajstić information content (AvgIpc) is 3.98. The summed E-state index contributed by atoms with van der Waals surface area (Å²) in [4.78, 5) is 52.7. The van der Waals surface area contributed by atoms with E-state index < -0.39 is 0 Å². The van der Waals surface area contributed by atoms with Crippen LogP contribution in [0.2, 0.25) is 0 Å². The van der Waals surface area contributed by atoms with Crippen LogP contribution < -0.4 is 0 Å². The molecule has 2 aliphatic rings. The van der Waals surface area contributed by atoms with Crippen molar-refractivity contribution in [1.29, 1.82) is 0 Å². The van der Waals surface area contributed by atoms with Crippen molar-refractivity contribution in [2.45, 2.75) is 19.6 Å².